The summed E-state index contributed by atoms with van der Waals surface area (Å²) in [5.41, 5.74) is 3.67. The van der Waals surface area contributed by atoms with Gasteiger partial charge in [0.2, 0.25) is 0 Å². The number of hydrazone groups is 1. The van der Waals surface area contributed by atoms with Crippen LogP contribution >= 0.6 is 27.5 Å². The van der Waals surface area contributed by atoms with E-state index in [1.165, 1.54) is 6.21 Å². The number of nitrogens with zero attached hydrogens (tertiary/aromatic N) is 1. The molecule has 0 spiro atoms. The van der Waals surface area contributed by atoms with Crippen LogP contribution in [0.4, 0.5) is 0 Å². The Morgan fingerprint density at radius 3 is 2.46 bits per heavy atom. The second-order valence-electron chi connectivity index (χ2n) is 5.69. The highest BCUT2D eigenvalue weighted by Crippen LogP contribution is 2.23. The van der Waals surface area contributed by atoms with Crippen molar-refractivity contribution in [2.24, 2.45) is 5.10 Å². The summed E-state index contributed by atoms with van der Waals surface area (Å²) in [6.07, 6.45) is 1.39. The maximum absolute atomic E-state index is 11.9. The molecule has 3 rings (SSSR count). The molecule has 0 atom stereocenters. The van der Waals surface area contributed by atoms with Crippen LogP contribution in [0.3, 0.4) is 0 Å². The third-order valence-corrected chi connectivity index (χ3v) is 4.43. The first kappa shape index (κ1) is 19.9. The SMILES string of the molecule is O=C(CNC(=O)c1ccc(Cl)cc1)N/N=C\c1ccc(-c2ccc(Br)cc2)o1. The predicted molar refractivity (Wildman–Crippen MR) is 111 cm³/mol. The van der Waals surface area contributed by atoms with Gasteiger partial charge in [0.25, 0.3) is 11.8 Å². The minimum Gasteiger partial charge on any atom is -0.455 e. The van der Waals surface area contributed by atoms with Crippen LogP contribution in [-0.4, -0.2) is 24.6 Å². The number of halogens is 2. The van der Waals surface area contributed by atoms with E-state index < -0.39 is 5.91 Å². The molecule has 142 valence electrons. The van der Waals surface area contributed by atoms with Gasteiger partial charge in [-0.25, -0.2) is 5.43 Å². The van der Waals surface area contributed by atoms with Gasteiger partial charge < -0.3 is 9.73 Å². The molecule has 0 aliphatic heterocycles. The van der Waals surface area contributed by atoms with Crippen molar-refractivity contribution in [3.05, 3.63) is 81.5 Å². The van der Waals surface area contributed by atoms with Gasteiger partial charge in [0, 0.05) is 20.6 Å². The molecule has 8 heteroatoms. The van der Waals surface area contributed by atoms with Gasteiger partial charge in [-0.1, -0.05) is 39.7 Å². The molecular weight excluding hydrogens is 446 g/mol. The van der Waals surface area contributed by atoms with Crippen LogP contribution < -0.4 is 10.7 Å². The summed E-state index contributed by atoms with van der Waals surface area (Å²) < 4.78 is 6.64. The number of carbonyl (C=O) groups is 2. The zero-order valence-corrected chi connectivity index (χ0v) is 16.8. The van der Waals surface area contributed by atoms with Crippen molar-refractivity contribution in [1.29, 1.82) is 0 Å². The summed E-state index contributed by atoms with van der Waals surface area (Å²) in [5.74, 6) is 0.346. The maximum Gasteiger partial charge on any atom is 0.259 e. The van der Waals surface area contributed by atoms with Crippen molar-refractivity contribution in [3.63, 3.8) is 0 Å². The lowest BCUT2D eigenvalue weighted by Gasteiger charge is -2.04. The Balaban J connectivity index is 1.48. The summed E-state index contributed by atoms with van der Waals surface area (Å²) in [5, 5.41) is 6.86. The van der Waals surface area contributed by atoms with E-state index in [-0.39, 0.29) is 12.5 Å². The lowest BCUT2D eigenvalue weighted by molar-refractivity contribution is -0.120. The molecule has 6 nitrogen and oxygen atoms in total. The van der Waals surface area contributed by atoms with Crippen LogP contribution in [0.15, 0.2) is 74.7 Å². The van der Waals surface area contributed by atoms with E-state index >= 15 is 0 Å². The second-order valence-corrected chi connectivity index (χ2v) is 7.04. The smallest absolute Gasteiger partial charge is 0.259 e. The average molecular weight is 461 g/mol. The molecule has 0 unspecified atom stereocenters. The molecule has 1 heterocycles. The number of hydrogen-bond donors (Lipinski definition) is 2. The number of furan rings is 1. The normalized spacial score (nSPS) is 10.8. The molecule has 0 aliphatic rings. The van der Waals surface area contributed by atoms with Crippen LogP contribution in [0.2, 0.25) is 5.02 Å². The predicted octanol–water partition coefficient (Wildman–Crippen LogP) is 4.24. The van der Waals surface area contributed by atoms with Gasteiger partial charge in [0.05, 0.1) is 12.8 Å². The number of amides is 2. The second kappa shape index (κ2) is 9.34. The number of hydrogen-bond acceptors (Lipinski definition) is 4. The van der Waals surface area contributed by atoms with Gasteiger partial charge in [0.15, 0.2) is 0 Å². The first-order chi connectivity index (χ1) is 13.5. The van der Waals surface area contributed by atoms with Crippen LogP contribution in [-0.2, 0) is 4.79 Å². The first-order valence-corrected chi connectivity index (χ1v) is 9.40. The molecule has 2 amide bonds. The summed E-state index contributed by atoms with van der Waals surface area (Å²) >= 11 is 9.16. The number of rotatable bonds is 6. The fraction of sp³-hybridized carbons (Fsp3) is 0.0500. The van der Waals surface area contributed by atoms with Crippen LogP contribution in [0.5, 0.6) is 0 Å². The minimum absolute atomic E-state index is 0.207. The Morgan fingerprint density at radius 1 is 1.04 bits per heavy atom. The van der Waals surface area contributed by atoms with Crippen LogP contribution in [0.25, 0.3) is 11.3 Å². The molecule has 0 aliphatic carbocycles. The number of carbonyl (C=O) groups excluding carboxylic acids is 2. The van der Waals surface area contributed by atoms with Gasteiger partial charge in [-0.3, -0.25) is 9.59 Å². The highest BCUT2D eigenvalue weighted by atomic mass is 79.9. The molecule has 0 saturated carbocycles. The van der Waals surface area contributed by atoms with Crippen molar-refractivity contribution < 1.29 is 14.0 Å². The van der Waals surface area contributed by atoms with Crippen LogP contribution in [0, 0.1) is 0 Å². The molecule has 0 fully saturated rings. The Labute approximate surface area is 174 Å². The number of nitrogens with one attached hydrogen (secondary N) is 2. The summed E-state index contributed by atoms with van der Waals surface area (Å²) in [7, 11) is 0. The van der Waals surface area contributed by atoms with Crippen LogP contribution in [0.1, 0.15) is 16.1 Å². The molecule has 2 aromatic carbocycles. The fourth-order valence-electron chi connectivity index (χ4n) is 2.26. The monoisotopic (exact) mass is 459 g/mol. The largest absolute Gasteiger partial charge is 0.455 e. The van der Waals surface area contributed by atoms with E-state index in [1.807, 2.05) is 30.3 Å². The molecule has 3 aromatic rings. The van der Waals surface area contributed by atoms with E-state index in [9.17, 15) is 9.59 Å². The van der Waals surface area contributed by atoms with Crippen molar-refractivity contribution >= 4 is 45.6 Å². The lowest BCUT2D eigenvalue weighted by atomic mass is 10.2. The zero-order chi connectivity index (χ0) is 19.9. The fourth-order valence-corrected chi connectivity index (χ4v) is 2.65. The summed E-state index contributed by atoms with van der Waals surface area (Å²) in [6, 6.07) is 17.6. The minimum atomic E-state index is -0.460. The standard InChI is InChI=1S/C20H15BrClN3O3/c21-15-5-1-13(2-6-15)18-10-9-17(28-18)11-24-25-19(26)12-23-20(27)14-3-7-16(22)8-4-14/h1-11H,12H2,(H,23,27)(H,25,26)/b24-11-. The molecule has 28 heavy (non-hydrogen) atoms. The molecule has 0 radical (unpaired) electrons. The molecule has 2 N–H and O–H groups in total. The van der Waals surface area contributed by atoms with Crippen molar-refractivity contribution in [3.8, 4) is 11.3 Å². The topological polar surface area (TPSA) is 83.7 Å². The van der Waals surface area contributed by atoms with Crippen molar-refractivity contribution in [2.75, 3.05) is 6.54 Å². The number of benzene rings is 2. The van der Waals surface area contributed by atoms with Gasteiger partial charge in [-0.2, -0.15) is 5.10 Å². The average Bonchev–Trinajstić information content (AvgIpc) is 3.16. The molecule has 0 saturated heterocycles. The molecular formula is C20H15BrClN3O3. The van der Waals surface area contributed by atoms with E-state index in [1.54, 1.807) is 30.3 Å². The van der Waals surface area contributed by atoms with E-state index in [0.717, 1.165) is 10.0 Å². The summed E-state index contributed by atoms with van der Waals surface area (Å²) in [4.78, 5) is 23.7. The highest BCUT2D eigenvalue weighted by molar-refractivity contribution is 9.10. The Hall–Kier alpha value is -2.90. The molecule has 1 aromatic heterocycles. The Bertz CT molecular complexity index is 998. The summed E-state index contributed by atoms with van der Waals surface area (Å²) in [6.45, 7) is -0.207. The lowest BCUT2D eigenvalue weighted by Crippen LogP contribution is -2.34. The Kier molecular flexibility index (Phi) is 6.62. The van der Waals surface area contributed by atoms with Gasteiger partial charge in [-0.05, 0) is 48.5 Å². The van der Waals surface area contributed by atoms with Crippen molar-refractivity contribution in [1.82, 2.24) is 10.7 Å². The van der Waals surface area contributed by atoms with E-state index in [4.69, 9.17) is 16.0 Å². The van der Waals surface area contributed by atoms with Gasteiger partial charge >= 0.3 is 0 Å². The van der Waals surface area contributed by atoms with Crippen molar-refractivity contribution in [2.45, 2.75) is 0 Å². The maximum atomic E-state index is 11.9. The third kappa shape index (κ3) is 5.55. The zero-order valence-electron chi connectivity index (χ0n) is 14.5. The van der Waals surface area contributed by atoms with E-state index in [2.05, 4.69) is 31.8 Å². The molecule has 0 bridgehead atoms. The quantitative estimate of drug-likeness (QED) is 0.426. The van der Waals surface area contributed by atoms with Gasteiger partial charge in [0.1, 0.15) is 11.5 Å². The first-order valence-electron chi connectivity index (χ1n) is 8.23. The Morgan fingerprint density at radius 2 is 1.75 bits per heavy atom. The van der Waals surface area contributed by atoms with E-state index in [0.29, 0.717) is 22.1 Å². The highest BCUT2D eigenvalue weighted by Gasteiger charge is 2.07. The third-order valence-electron chi connectivity index (χ3n) is 3.65. The van der Waals surface area contributed by atoms with Gasteiger partial charge in [-0.15, -0.1) is 0 Å².